The van der Waals surface area contributed by atoms with Crippen molar-refractivity contribution in [3.05, 3.63) is 94.3 Å². The second-order valence-electron chi connectivity index (χ2n) is 13.0. The molecule has 0 saturated carbocycles. The molecule has 2 saturated heterocycles. The highest BCUT2D eigenvalue weighted by Gasteiger charge is 2.49. The Labute approximate surface area is 281 Å². The predicted molar refractivity (Wildman–Crippen MR) is 173 cm³/mol. The van der Waals surface area contributed by atoms with Crippen molar-refractivity contribution in [3.63, 3.8) is 0 Å². The Balaban J connectivity index is 1.34. The Morgan fingerprint density at radius 2 is 1.56 bits per heavy atom. The Kier molecular flexibility index (Phi) is 10.1. The van der Waals surface area contributed by atoms with Crippen LogP contribution in [0.5, 0.6) is 0 Å². The fourth-order valence-electron chi connectivity index (χ4n) is 6.29. The van der Waals surface area contributed by atoms with Crippen molar-refractivity contribution in [3.8, 4) is 0 Å². The molecule has 3 aromatic carbocycles. The highest BCUT2D eigenvalue weighted by Crippen LogP contribution is 2.41. The molecule has 48 heavy (non-hydrogen) atoms. The first-order chi connectivity index (χ1) is 22.5. The molecule has 0 spiro atoms. The lowest BCUT2D eigenvalue weighted by Crippen LogP contribution is -2.57. The normalized spacial score (nSPS) is 19.8. The summed E-state index contributed by atoms with van der Waals surface area (Å²) in [5.41, 5.74) is -0.483. The summed E-state index contributed by atoms with van der Waals surface area (Å²) in [5, 5.41) is 3.90. The van der Waals surface area contributed by atoms with Crippen molar-refractivity contribution in [2.75, 3.05) is 5.32 Å². The van der Waals surface area contributed by atoms with Gasteiger partial charge in [-0.3, -0.25) is 9.59 Å². The zero-order valence-corrected chi connectivity index (χ0v) is 28.0. The largest absolute Gasteiger partial charge is 0.444 e. The van der Waals surface area contributed by atoms with E-state index < -0.39 is 68.3 Å². The number of anilines is 1. The number of fused-ring (bicyclic) bond motifs is 2. The number of hydrogen-bond acceptors (Lipinski definition) is 6. The van der Waals surface area contributed by atoms with Crippen molar-refractivity contribution in [1.82, 2.24) is 10.2 Å². The summed E-state index contributed by atoms with van der Waals surface area (Å²) >= 11 is 6.34. The maximum atomic E-state index is 14.0. The number of alkyl carbamates (subject to hydrolysis) is 1. The average Bonchev–Trinajstić information content (AvgIpc) is 3.26. The summed E-state index contributed by atoms with van der Waals surface area (Å²) in [6.07, 6.45) is 0.807. The second kappa shape index (κ2) is 13.8. The summed E-state index contributed by atoms with van der Waals surface area (Å²) in [6, 6.07) is 12.2. The van der Waals surface area contributed by atoms with E-state index >= 15 is 0 Å². The SMILES string of the molecule is CC(C)(C)OC(=O)N[C@@H](Cc1ccccc1)C(=O)N1C2CC[C@H]1C[C@H](S(=O)(=O)c1cc(C(=O)Nc3cc(F)c(F)c(F)c3)ccc1Cl)C2. The van der Waals surface area contributed by atoms with Gasteiger partial charge in [-0.1, -0.05) is 41.9 Å². The maximum Gasteiger partial charge on any atom is 0.408 e. The van der Waals surface area contributed by atoms with Gasteiger partial charge in [-0.15, -0.1) is 0 Å². The first kappa shape index (κ1) is 35.2. The maximum absolute atomic E-state index is 14.0. The van der Waals surface area contributed by atoms with Crippen LogP contribution in [0.25, 0.3) is 0 Å². The molecular weight excluding hydrogens is 671 g/mol. The molecule has 2 N–H and O–H groups in total. The fourth-order valence-corrected chi connectivity index (χ4v) is 8.67. The monoisotopic (exact) mass is 705 g/mol. The zero-order valence-electron chi connectivity index (χ0n) is 26.4. The number of carbonyl (C=O) groups is 3. The van der Waals surface area contributed by atoms with Crippen LogP contribution in [0, 0.1) is 17.5 Å². The van der Waals surface area contributed by atoms with Gasteiger partial charge in [-0.2, -0.15) is 0 Å². The fraction of sp³-hybridized carbons (Fsp3) is 0.382. The minimum absolute atomic E-state index is 0.107. The molecule has 2 fully saturated rings. The topological polar surface area (TPSA) is 122 Å². The first-order valence-electron chi connectivity index (χ1n) is 15.4. The standard InChI is InChI=1S/C34H35ClF3N3O6S/c1-34(2,3)47-33(44)40-28(13-19-7-5-4-6-8-19)32(43)41-22-10-11-23(41)18-24(17-22)48(45,46)29-14-20(9-12-25(29)35)31(42)39-21-15-26(36)30(38)27(37)16-21/h4-9,12,14-16,22-24,28H,10-11,13,17-18H2,1-3H3,(H,39,42)(H,40,44)/t22-,23?,24-,28-/m0/s1. The zero-order chi connectivity index (χ0) is 35.0. The lowest BCUT2D eigenvalue weighted by atomic mass is 9.98. The van der Waals surface area contributed by atoms with E-state index in [0.717, 1.165) is 11.6 Å². The van der Waals surface area contributed by atoms with E-state index in [0.29, 0.717) is 25.0 Å². The minimum Gasteiger partial charge on any atom is -0.444 e. The second-order valence-corrected chi connectivity index (χ2v) is 15.6. The molecule has 14 heteroatoms. The number of piperidine rings is 1. The molecule has 2 heterocycles. The summed E-state index contributed by atoms with van der Waals surface area (Å²) in [4.78, 5) is 41.1. The van der Waals surface area contributed by atoms with Crippen LogP contribution in [0.15, 0.2) is 65.6 Å². The van der Waals surface area contributed by atoms with Crippen LogP contribution in [0.1, 0.15) is 62.4 Å². The molecule has 1 unspecified atom stereocenters. The van der Waals surface area contributed by atoms with Gasteiger partial charge in [-0.05, 0) is 70.2 Å². The average molecular weight is 706 g/mol. The van der Waals surface area contributed by atoms with Crippen LogP contribution in [0.3, 0.4) is 0 Å². The summed E-state index contributed by atoms with van der Waals surface area (Å²) in [7, 11) is -4.13. The summed E-state index contributed by atoms with van der Waals surface area (Å²) in [6.45, 7) is 5.15. The number of sulfone groups is 1. The Bertz CT molecular complexity index is 1800. The van der Waals surface area contributed by atoms with E-state index in [1.54, 1.807) is 25.7 Å². The highest BCUT2D eigenvalue weighted by molar-refractivity contribution is 7.92. The number of nitrogens with one attached hydrogen (secondary N) is 2. The molecule has 4 atom stereocenters. The molecule has 9 nitrogen and oxygen atoms in total. The third-order valence-electron chi connectivity index (χ3n) is 8.40. The van der Waals surface area contributed by atoms with E-state index in [1.165, 1.54) is 12.1 Å². The number of amides is 3. The van der Waals surface area contributed by atoms with Crippen molar-refractivity contribution >= 4 is 45.0 Å². The number of ether oxygens (including phenoxy) is 1. The van der Waals surface area contributed by atoms with Gasteiger partial charge < -0.3 is 20.3 Å². The van der Waals surface area contributed by atoms with E-state index in [1.807, 2.05) is 30.3 Å². The molecule has 2 aliphatic rings. The number of carbonyl (C=O) groups excluding carboxylic acids is 3. The number of benzene rings is 3. The number of rotatable bonds is 8. The van der Waals surface area contributed by atoms with Crippen molar-refractivity contribution in [1.29, 1.82) is 0 Å². The molecule has 0 aliphatic carbocycles. The van der Waals surface area contributed by atoms with E-state index in [4.69, 9.17) is 16.3 Å². The molecule has 2 aliphatic heterocycles. The van der Waals surface area contributed by atoms with Crippen LogP contribution >= 0.6 is 11.6 Å². The molecule has 0 aromatic heterocycles. The summed E-state index contributed by atoms with van der Waals surface area (Å²) < 4.78 is 74.1. The van der Waals surface area contributed by atoms with Gasteiger partial charge in [0, 0.05) is 41.9 Å². The van der Waals surface area contributed by atoms with Gasteiger partial charge in [0.05, 0.1) is 15.2 Å². The Hall–Kier alpha value is -4.10. The van der Waals surface area contributed by atoms with E-state index in [-0.39, 0.29) is 46.3 Å². The van der Waals surface area contributed by atoms with Gasteiger partial charge in [0.25, 0.3) is 5.91 Å². The molecule has 2 bridgehead atoms. The van der Waals surface area contributed by atoms with Crippen LogP contribution in [-0.4, -0.2) is 60.2 Å². The summed E-state index contributed by atoms with van der Waals surface area (Å²) in [5.74, 6) is -5.93. The molecule has 3 amide bonds. The molecule has 256 valence electrons. The van der Waals surface area contributed by atoms with E-state index in [2.05, 4.69) is 10.6 Å². The van der Waals surface area contributed by atoms with Crippen molar-refractivity contribution in [2.24, 2.45) is 0 Å². The highest BCUT2D eigenvalue weighted by atomic mass is 35.5. The number of nitrogens with zero attached hydrogens (tertiary/aromatic N) is 1. The van der Waals surface area contributed by atoms with Gasteiger partial charge in [0.15, 0.2) is 27.3 Å². The lowest BCUT2D eigenvalue weighted by Gasteiger charge is -2.40. The van der Waals surface area contributed by atoms with Gasteiger partial charge in [0.2, 0.25) is 5.91 Å². The van der Waals surface area contributed by atoms with Crippen LogP contribution in [0.2, 0.25) is 5.02 Å². The van der Waals surface area contributed by atoms with Gasteiger partial charge in [0.1, 0.15) is 11.6 Å². The third-order valence-corrected chi connectivity index (χ3v) is 11.1. The smallest absolute Gasteiger partial charge is 0.408 e. The van der Waals surface area contributed by atoms with Crippen LogP contribution < -0.4 is 10.6 Å². The lowest BCUT2D eigenvalue weighted by molar-refractivity contribution is -0.137. The van der Waals surface area contributed by atoms with Crippen LogP contribution in [-0.2, 0) is 25.8 Å². The van der Waals surface area contributed by atoms with Gasteiger partial charge >= 0.3 is 6.09 Å². The molecule has 0 radical (unpaired) electrons. The Morgan fingerprint density at radius 1 is 0.958 bits per heavy atom. The van der Waals surface area contributed by atoms with Gasteiger partial charge in [-0.25, -0.2) is 26.4 Å². The third kappa shape index (κ3) is 7.78. The molecule has 5 rings (SSSR count). The number of hydrogen-bond donors (Lipinski definition) is 2. The van der Waals surface area contributed by atoms with Crippen molar-refractivity contribution in [2.45, 2.75) is 86.7 Å². The minimum atomic E-state index is -4.13. The quantitative estimate of drug-likeness (QED) is 0.260. The van der Waals surface area contributed by atoms with E-state index in [9.17, 15) is 36.0 Å². The van der Waals surface area contributed by atoms with Crippen molar-refractivity contribution < 1.29 is 40.7 Å². The van der Waals surface area contributed by atoms with Crippen LogP contribution in [0.4, 0.5) is 23.7 Å². The predicted octanol–water partition coefficient (Wildman–Crippen LogP) is 6.44. The number of halogens is 4. The molecule has 3 aromatic rings. The first-order valence-corrected chi connectivity index (χ1v) is 17.3. The Morgan fingerprint density at radius 3 is 2.15 bits per heavy atom. The molecular formula is C34H35ClF3N3O6S.